The number of pyridine rings is 1. The lowest BCUT2D eigenvalue weighted by Crippen LogP contribution is -2.09. The van der Waals surface area contributed by atoms with Gasteiger partial charge in [0.1, 0.15) is 0 Å². The van der Waals surface area contributed by atoms with Gasteiger partial charge in [0.25, 0.3) is 0 Å². The third kappa shape index (κ3) is 1.76. The summed E-state index contributed by atoms with van der Waals surface area (Å²) >= 11 is 0. The minimum atomic E-state index is 1.08. The Labute approximate surface area is 108 Å². The molecule has 0 spiro atoms. The molecule has 0 atom stereocenters. The van der Waals surface area contributed by atoms with Crippen molar-refractivity contribution in [3.05, 3.63) is 35.0 Å². The number of rotatable bonds is 2. The van der Waals surface area contributed by atoms with Gasteiger partial charge < -0.3 is 5.32 Å². The lowest BCUT2D eigenvalue weighted by Gasteiger charge is -2.20. The number of fused-ring (bicyclic) bond motifs is 2. The molecule has 1 aliphatic carbocycles. The van der Waals surface area contributed by atoms with Crippen molar-refractivity contribution in [1.82, 2.24) is 4.98 Å². The van der Waals surface area contributed by atoms with E-state index in [1.165, 1.54) is 47.2 Å². The highest BCUT2D eigenvalue weighted by Gasteiger charge is 2.17. The Bertz CT molecular complexity index is 587. The summed E-state index contributed by atoms with van der Waals surface area (Å²) in [5.41, 5.74) is 6.59. The van der Waals surface area contributed by atoms with Gasteiger partial charge in [-0.25, -0.2) is 0 Å². The van der Waals surface area contributed by atoms with Crippen LogP contribution in [-0.2, 0) is 19.3 Å². The Hall–Kier alpha value is -1.57. The molecule has 1 aliphatic rings. The molecule has 1 aromatic carbocycles. The van der Waals surface area contributed by atoms with Crippen LogP contribution in [0.5, 0.6) is 0 Å². The molecule has 0 aliphatic heterocycles. The molecule has 0 amide bonds. The van der Waals surface area contributed by atoms with E-state index in [1.807, 2.05) is 7.05 Å². The first-order valence-electron chi connectivity index (χ1n) is 6.95. The molecule has 0 saturated heterocycles. The Morgan fingerprint density at radius 3 is 2.83 bits per heavy atom. The van der Waals surface area contributed by atoms with Crippen LogP contribution in [0.4, 0.5) is 5.69 Å². The maximum Gasteiger partial charge on any atom is 0.0726 e. The highest BCUT2D eigenvalue weighted by Crippen LogP contribution is 2.33. The molecule has 2 heteroatoms. The first-order chi connectivity index (χ1) is 8.83. The monoisotopic (exact) mass is 240 g/mol. The Morgan fingerprint density at radius 1 is 1.22 bits per heavy atom. The van der Waals surface area contributed by atoms with Gasteiger partial charge in [-0.2, -0.15) is 0 Å². The molecule has 2 nitrogen and oxygen atoms in total. The zero-order valence-corrected chi connectivity index (χ0v) is 11.2. The maximum atomic E-state index is 4.86. The molecule has 1 aromatic heterocycles. The van der Waals surface area contributed by atoms with Gasteiger partial charge >= 0.3 is 0 Å². The first-order valence-corrected chi connectivity index (χ1v) is 6.95. The van der Waals surface area contributed by atoms with Crippen molar-refractivity contribution in [2.24, 2.45) is 0 Å². The van der Waals surface area contributed by atoms with Gasteiger partial charge in [0.2, 0.25) is 0 Å². The summed E-state index contributed by atoms with van der Waals surface area (Å²) in [6.07, 6.45) is 5.96. The molecule has 0 saturated carbocycles. The summed E-state index contributed by atoms with van der Waals surface area (Å²) < 4.78 is 0. The molecular weight excluding hydrogens is 220 g/mol. The van der Waals surface area contributed by atoms with E-state index >= 15 is 0 Å². The average molecular weight is 240 g/mol. The van der Waals surface area contributed by atoms with Crippen molar-refractivity contribution in [1.29, 1.82) is 0 Å². The van der Waals surface area contributed by atoms with Crippen LogP contribution >= 0.6 is 0 Å². The maximum absolute atomic E-state index is 4.86. The summed E-state index contributed by atoms with van der Waals surface area (Å²) in [6, 6.07) is 6.66. The molecule has 1 heterocycles. The van der Waals surface area contributed by atoms with Gasteiger partial charge in [-0.1, -0.05) is 13.0 Å². The second-order valence-electron chi connectivity index (χ2n) is 5.07. The van der Waals surface area contributed by atoms with E-state index in [-0.39, 0.29) is 0 Å². The predicted octanol–water partition coefficient (Wildman–Crippen LogP) is 3.72. The fourth-order valence-corrected chi connectivity index (χ4v) is 2.98. The van der Waals surface area contributed by atoms with Crippen molar-refractivity contribution >= 4 is 16.6 Å². The molecule has 18 heavy (non-hydrogen) atoms. The minimum Gasteiger partial charge on any atom is -0.387 e. The van der Waals surface area contributed by atoms with Crippen molar-refractivity contribution < 1.29 is 0 Å². The molecule has 1 N–H and O–H groups in total. The van der Waals surface area contributed by atoms with Crippen molar-refractivity contribution in [2.45, 2.75) is 39.0 Å². The van der Waals surface area contributed by atoms with Crippen LogP contribution in [-0.4, -0.2) is 12.0 Å². The Morgan fingerprint density at radius 2 is 2.06 bits per heavy atom. The lowest BCUT2D eigenvalue weighted by molar-refractivity contribution is 0.672. The topological polar surface area (TPSA) is 24.9 Å². The van der Waals surface area contributed by atoms with E-state index in [9.17, 15) is 0 Å². The fraction of sp³-hybridized carbons (Fsp3) is 0.438. The van der Waals surface area contributed by atoms with Crippen LogP contribution in [0.3, 0.4) is 0 Å². The molecule has 0 unspecified atom stereocenters. The number of aromatic nitrogens is 1. The standard InChI is InChI=1S/C16H20N2/c1-3-11-8-9-15-13(10-11)16(17-2)12-6-4-5-7-14(12)18-15/h8-10H,3-7H2,1-2H3,(H,17,18). The van der Waals surface area contributed by atoms with Gasteiger partial charge in [0.05, 0.1) is 5.52 Å². The van der Waals surface area contributed by atoms with Crippen LogP contribution in [0.15, 0.2) is 18.2 Å². The predicted molar refractivity (Wildman–Crippen MR) is 77.3 cm³/mol. The van der Waals surface area contributed by atoms with Crippen molar-refractivity contribution in [3.8, 4) is 0 Å². The number of anilines is 1. The normalized spacial score (nSPS) is 14.6. The van der Waals surface area contributed by atoms with Crippen molar-refractivity contribution in [2.75, 3.05) is 12.4 Å². The van der Waals surface area contributed by atoms with E-state index < -0.39 is 0 Å². The number of aryl methyl sites for hydroxylation is 2. The van der Waals surface area contributed by atoms with Crippen LogP contribution < -0.4 is 5.32 Å². The zero-order valence-electron chi connectivity index (χ0n) is 11.2. The number of nitrogens with zero attached hydrogens (tertiary/aromatic N) is 1. The molecule has 3 rings (SSSR count). The summed E-state index contributed by atoms with van der Waals surface area (Å²) in [6.45, 7) is 2.20. The third-order valence-corrected chi connectivity index (χ3v) is 3.98. The first kappa shape index (κ1) is 11.5. The van der Waals surface area contributed by atoms with Gasteiger partial charge in [-0.3, -0.25) is 4.98 Å². The summed E-state index contributed by atoms with van der Waals surface area (Å²) in [7, 11) is 2.03. The molecule has 0 bridgehead atoms. The summed E-state index contributed by atoms with van der Waals surface area (Å²) in [5, 5.41) is 4.70. The number of nitrogens with one attached hydrogen (secondary N) is 1. The van der Waals surface area contributed by atoms with Crippen molar-refractivity contribution in [3.63, 3.8) is 0 Å². The van der Waals surface area contributed by atoms with Crippen LogP contribution in [0, 0.1) is 0 Å². The smallest absolute Gasteiger partial charge is 0.0726 e. The molecule has 0 radical (unpaired) electrons. The number of benzene rings is 1. The Balaban J connectivity index is 2.30. The fourth-order valence-electron chi connectivity index (χ4n) is 2.98. The van der Waals surface area contributed by atoms with E-state index in [0.717, 1.165) is 18.4 Å². The highest BCUT2D eigenvalue weighted by atomic mass is 14.9. The van der Waals surface area contributed by atoms with Gasteiger partial charge in [-0.15, -0.1) is 0 Å². The Kier molecular flexibility index (Phi) is 2.94. The molecule has 94 valence electrons. The number of hydrogen-bond donors (Lipinski definition) is 1. The lowest BCUT2D eigenvalue weighted by atomic mass is 9.92. The largest absolute Gasteiger partial charge is 0.387 e. The van der Waals surface area contributed by atoms with E-state index in [0.29, 0.717) is 0 Å². The van der Waals surface area contributed by atoms with Gasteiger partial charge in [0, 0.05) is 23.8 Å². The SMILES string of the molecule is CCc1ccc2nc3c(c(NC)c2c1)CCCC3. The average Bonchev–Trinajstić information content (AvgIpc) is 2.44. The van der Waals surface area contributed by atoms with Crippen LogP contribution in [0.2, 0.25) is 0 Å². The summed E-state index contributed by atoms with van der Waals surface area (Å²) in [5.74, 6) is 0. The summed E-state index contributed by atoms with van der Waals surface area (Å²) in [4.78, 5) is 4.86. The molecular formula is C16H20N2. The van der Waals surface area contributed by atoms with Gasteiger partial charge in [0.15, 0.2) is 0 Å². The number of hydrogen-bond acceptors (Lipinski definition) is 2. The van der Waals surface area contributed by atoms with Gasteiger partial charge in [-0.05, 0) is 55.4 Å². The van der Waals surface area contributed by atoms with Crippen LogP contribution in [0.1, 0.15) is 36.6 Å². The highest BCUT2D eigenvalue weighted by molar-refractivity contribution is 5.94. The zero-order chi connectivity index (χ0) is 12.5. The quantitative estimate of drug-likeness (QED) is 0.865. The second-order valence-corrected chi connectivity index (χ2v) is 5.07. The minimum absolute atomic E-state index is 1.08. The van der Waals surface area contributed by atoms with E-state index in [4.69, 9.17) is 4.98 Å². The molecule has 2 aromatic rings. The van der Waals surface area contributed by atoms with E-state index in [1.54, 1.807) is 0 Å². The third-order valence-electron chi connectivity index (χ3n) is 3.98. The van der Waals surface area contributed by atoms with E-state index in [2.05, 4.69) is 30.4 Å². The second kappa shape index (κ2) is 4.60. The molecule has 0 fully saturated rings. The van der Waals surface area contributed by atoms with Crippen LogP contribution in [0.25, 0.3) is 10.9 Å².